The van der Waals surface area contributed by atoms with Crippen LogP contribution in [0.25, 0.3) is 0 Å². The van der Waals surface area contributed by atoms with E-state index in [9.17, 15) is 9.90 Å². The van der Waals surface area contributed by atoms with Gasteiger partial charge in [-0.05, 0) is 38.7 Å². The molecule has 0 amide bonds. The number of hydrogen-bond acceptors (Lipinski definition) is 3. The minimum Gasteiger partial charge on any atom is -0.481 e. The molecule has 0 fully saturated rings. The fraction of sp³-hybridized carbons (Fsp3) is 0.250. The van der Waals surface area contributed by atoms with Crippen LogP contribution in [0.2, 0.25) is 0 Å². The Kier molecular flexibility index (Phi) is 4.03. The van der Waals surface area contributed by atoms with Gasteiger partial charge in [0.25, 0.3) is 0 Å². The summed E-state index contributed by atoms with van der Waals surface area (Å²) in [7, 11) is 0. The number of aromatic nitrogens is 1. The molecule has 5 heteroatoms. The topological polar surface area (TPSA) is 53.4 Å². The van der Waals surface area contributed by atoms with E-state index in [-0.39, 0.29) is 0 Å². The number of pyridine rings is 1. The molecule has 108 valence electrons. The van der Waals surface area contributed by atoms with E-state index in [2.05, 4.69) is 25.8 Å². The first-order valence-corrected chi connectivity index (χ1v) is 7.55. The van der Waals surface area contributed by atoms with E-state index in [4.69, 9.17) is 0 Å². The number of aliphatic carboxylic acids is 1. The molecular weight excluding hydrogens is 332 g/mol. The maximum absolute atomic E-state index is 11.5. The van der Waals surface area contributed by atoms with Crippen LogP contribution < -0.4 is 0 Å². The highest BCUT2D eigenvalue weighted by molar-refractivity contribution is 9.10. The molecule has 0 spiro atoms. The zero-order valence-corrected chi connectivity index (χ0v) is 13.0. The monoisotopic (exact) mass is 346 g/mol. The van der Waals surface area contributed by atoms with Gasteiger partial charge in [-0.25, -0.2) is 0 Å². The lowest BCUT2D eigenvalue weighted by molar-refractivity contribution is -0.139. The highest BCUT2D eigenvalue weighted by Crippen LogP contribution is 2.29. The number of halogens is 1. The first-order chi connectivity index (χ1) is 10.1. The summed E-state index contributed by atoms with van der Waals surface area (Å²) in [5.41, 5.74) is 3.11. The molecule has 0 saturated heterocycles. The van der Waals surface area contributed by atoms with Crippen LogP contribution >= 0.6 is 15.9 Å². The van der Waals surface area contributed by atoms with Gasteiger partial charge in [0.05, 0.1) is 5.92 Å². The Hall–Kier alpha value is -1.72. The van der Waals surface area contributed by atoms with Crippen molar-refractivity contribution in [1.29, 1.82) is 0 Å². The van der Waals surface area contributed by atoms with Crippen LogP contribution in [0, 0.1) is 0 Å². The standard InChI is InChI=1S/C16H15BrN2O2/c17-13-5-11(6-18-7-13)8-19-9-12-3-1-2-4-14(12)15(10-19)16(20)21/h1-7,15H,8-10H2,(H,20,21). The molecule has 1 aromatic carbocycles. The van der Waals surface area contributed by atoms with Gasteiger partial charge in [0.15, 0.2) is 0 Å². The highest BCUT2D eigenvalue weighted by atomic mass is 79.9. The van der Waals surface area contributed by atoms with Crippen molar-refractivity contribution in [2.75, 3.05) is 6.54 Å². The Morgan fingerprint density at radius 1 is 1.38 bits per heavy atom. The lowest BCUT2D eigenvalue weighted by Gasteiger charge is -2.32. The fourth-order valence-electron chi connectivity index (χ4n) is 2.81. The zero-order valence-electron chi connectivity index (χ0n) is 11.4. The Labute approximate surface area is 131 Å². The lowest BCUT2D eigenvalue weighted by atomic mass is 9.89. The molecule has 1 aliphatic rings. The van der Waals surface area contributed by atoms with E-state index in [1.165, 1.54) is 0 Å². The average molecular weight is 347 g/mol. The second-order valence-corrected chi connectivity index (χ2v) is 6.19. The van der Waals surface area contributed by atoms with Crippen LogP contribution in [0.5, 0.6) is 0 Å². The van der Waals surface area contributed by atoms with E-state index in [0.29, 0.717) is 13.1 Å². The van der Waals surface area contributed by atoms with Gasteiger partial charge in [0.2, 0.25) is 0 Å². The Morgan fingerprint density at radius 3 is 2.95 bits per heavy atom. The van der Waals surface area contributed by atoms with Crippen LogP contribution in [-0.2, 0) is 17.9 Å². The number of nitrogens with zero attached hydrogens (tertiary/aromatic N) is 2. The number of rotatable bonds is 3. The van der Waals surface area contributed by atoms with Gasteiger partial charge in [-0.3, -0.25) is 14.7 Å². The number of carboxylic acid groups (broad SMARTS) is 1. The molecule has 2 heterocycles. The van der Waals surface area contributed by atoms with Gasteiger partial charge >= 0.3 is 5.97 Å². The van der Waals surface area contributed by atoms with Crippen LogP contribution in [0.3, 0.4) is 0 Å². The molecular formula is C16H15BrN2O2. The Morgan fingerprint density at radius 2 is 2.19 bits per heavy atom. The normalized spacial score (nSPS) is 18.2. The second kappa shape index (κ2) is 5.95. The molecule has 4 nitrogen and oxygen atoms in total. The van der Waals surface area contributed by atoms with Crippen molar-refractivity contribution in [2.24, 2.45) is 0 Å². The second-order valence-electron chi connectivity index (χ2n) is 5.27. The van der Waals surface area contributed by atoms with Gasteiger partial charge in [0.1, 0.15) is 0 Å². The molecule has 1 unspecified atom stereocenters. The SMILES string of the molecule is O=C(O)C1CN(Cc2cncc(Br)c2)Cc2ccccc21. The molecule has 0 saturated carbocycles. The first-order valence-electron chi connectivity index (χ1n) is 6.76. The van der Waals surface area contributed by atoms with Gasteiger partial charge in [0, 0.05) is 36.5 Å². The maximum atomic E-state index is 11.5. The number of benzene rings is 1. The number of carboxylic acids is 1. The minimum absolute atomic E-state index is 0.463. The third-order valence-electron chi connectivity index (χ3n) is 3.73. The molecule has 21 heavy (non-hydrogen) atoms. The van der Waals surface area contributed by atoms with Crippen LogP contribution in [0.1, 0.15) is 22.6 Å². The van der Waals surface area contributed by atoms with Crippen molar-refractivity contribution >= 4 is 21.9 Å². The van der Waals surface area contributed by atoms with Gasteiger partial charge in [-0.2, -0.15) is 0 Å². The predicted octanol–water partition coefficient (Wildman–Crippen LogP) is 3.03. The Bertz CT molecular complexity index is 675. The maximum Gasteiger partial charge on any atom is 0.312 e. The minimum atomic E-state index is -0.764. The molecule has 1 aliphatic heterocycles. The molecule has 0 bridgehead atoms. The average Bonchev–Trinajstić information content (AvgIpc) is 2.46. The van der Waals surface area contributed by atoms with Crippen molar-refractivity contribution in [3.8, 4) is 0 Å². The van der Waals surface area contributed by atoms with Crippen molar-refractivity contribution in [2.45, 2.75) is 19.0 Å². The number of carbonyl (C=O) groups is 1. The smallest absolute Gasteiger partial charge is 0.312 e. The molecule has 1 N–H and O–H groups in total. The van der Waals surface area contributed by atoms with Crippen molar-refractivity contribution in [1.82, 2.24) is 9.88 Å². The molecule has 2 aromatic rings. The molecule has 1 atom stereocenters. The van der Waals surface area contributed by atoms with Crippen molar-refractivity contribution in [3.05, 3.63) is 63.9 Å². The van der Waals surface area contributed by atoms with Crippen LogP contribution in [0.4, 0.5) is 0 Å². The van der Waals surface area contributed by atoms with Crippen LogP contribution in [-0.4, -0.2) is 27.5 Å². The predicted molar refractivity (Wildman–Crippen MR) is 82.9 cm³/mol. The summed E-state index contributed by atoms with van der Waals surface area (Å²) >= 11 is 3.41. The lowest BCUT2D eigenvalue weighted by Crippen LogP contribution is -2.36. The fourth-order valence-corrected chi connectivity index (χ4v) is 3.22. The van der Waals surface area contributed by atoms with E-state index in [0.717, 1.165) is 27.7 Å². The Balaban J connectivity index is 1.85. The van der Waals surface area contributed by atoms with E-state index >= 15 is 0 Å². The summed E-state index contributed by atoms with van der Waals surface area (Å²) in [6.45, 7) is 2.00. The number of hydrogen-bond donors (Lipinski definition) is 1. The quantitative estimate of drug-likeness (QED) is 0.927. The third kappa shape index (κ3) is 3.14. The van der Waals surface area contributed by atoms with Gasteiger partial charge < -0.3 is 5.11 Å². The highest BCUT2D eigenvalue weighted by Gasteiger charge is 2.29. The van der Waals surface area contributed by atoms with E-state index in [1.807, 2.05) is 36.5 Å². The molecule has 3 rings (SSSR count). The van der Waals surface area contributed by atoms with E-state index in [1.54, 1.807) is 6.20 Å². The van der Waals surface area contributed by atoms with Crippen LogP contribution in [0.15, 0.2) is 47.2 Å². The summed E-state index contributed by atoms with van der Waals surface area (Å²) in [5, 5.41) is 9.47. The number of fused-ring (bicyclic) bond motifs is 1. The summed E-state index contributed by atoms with van der Waals surface area (Å²) in [5.74, 6) is -1.23. The summed E-state index contributed by atoms with van der Waals surface area (Å²) in [6.07, 6.45) is 3.57. The first kappa shape index (κ1) is 14.2. The largest absolute Gasteiger partial charge is 0.481 e. The third-order valence-corrected chi connectivity index (χ3v) is 4.16. The van der Waals surface area contributed by atoms with Gasteiger partial charge in [-0.15, -0.1) is 0 Å². The van der Waals surface area contributed by atoms with E-state index < -0.39 is 11.9 Å². The molecule has 1 aromatic heterocycles. The summed E-state index contributed by atoms with van der Waals surface area (Å²) < 4.78 is 0.937. The summed E-state index contributed by atoms with van der Waals surface area (Å²) in [4.78, 5) is 17.8. The zero-order chi connectivity index (χ0) is 14.8. The van der Waals surface area contributed by atoms with Crippen molar-refractivity contribution < 1.29 is 9.90 Å². The molecule has 0 radical (unpaired) electrons. The summed E-state index contributed by atoms with van der Waals surface area (Å²) in [6, 6.07) is 9.82. The van der Waals surface area contributed by atoms with Crippen molar-refractivity contribution in [3.63, 3.8) is 0 Å². The molecule has 0 aliphatic carbocycles. The van der Waals surface area contributed by atoms with Gasteiger partial charge in [-0.1, -0.05) is 24.3 Å².